The Balaban J connectivity index is 3.14. The van der Waals surface area contributed by atoms with Gasteiger partial charge in [-0.15, -0.1) is 0 Å². The van der Waals surface area contributed by atoms with Crippen LogP contribution >= 0.6 is 0 Å². The van der Waals surface area contributed by atoms with Crippen molar-refractivity contribution in [1.29, 1.82) is 0 Å². The summed E-state index contributed by atoms with van der Waals surface area (Å²) in [5.41, 5.74) is 6.88. The Kier molecular flexibility index (Phi) is 4.52. The molecule has 1 heterocycles. The van der Waals surface area contributed by atoms with Crippen molar-refractivity contribution < 1.29 is 9.90 Å². The number of hydrogen-bond acceptors (Lipinski definition) is 4. The van der Waals surface area contributed by atoms with Gasteiger partial charge in [0, 0.05) is 23.7 Å². The maximum Gasteiger partial charge on any atom is 0.254 e. The van der Waals surface area contributed by atoms with E-state index in [9.17, 15) is 4.79 Å². The summed E-state index contributed by atoms with van der Waals surface area (Å²) >= 11 is 0. The van der Waals surface area contributed by atoms with Crippen molar-refractivity contribution in [3.05, 3.63) is 23.4 Å². The van der Waals surface area contributed by atoms with E-state index in [1.165, 1.54) is 4.90 Å². The fraction of sp³-hybridized carbons (Fsp3) is 0.571. The predicted octanol–water partition coefficient (Wildman–Crippen LogP) is 1.41. The Morgan fingerprint density at radius 3 is 2.53 bits per heavy atom. The number of nitrogen functional groups attached to an aromatic ring is 1. The molecular weight excluding hydrogens is 242 g/mol. The zero-order valence-electron chi connectivity index (χ0n) is 12.3. The molecule has 0 radical (unpaired) electrons. The molecule has 1 rings (SSSR count). The number of likely N-dealkylation sites (N-methyl/N-ethyl adjacent to an activating group) is 1. The predicted molar refractivity (Wildman–Crippen MR) is 76.0 cm³/mol. The molecule has 3 N–H and O–H groups in total. The first-order valence-electron chi connectivity index (χ1n) is 6.33. The van der Waals surface area contributed by atoms with Crippen LogP contribution in [-0.4, -0.2) is 40.6 Å². The average Bonchev–Trinajstić information content (AvgIpc) is 2.34. The lowest BCUT2D eigenvalue weighted by molar-refractivity contribution is 0.0682. The molecule has 1 aromatic rings. The molecule has 0 saturated heterocycles. The minimum absolute atomic E-state index is 0.0745. The number of aliphatic hydroxyl groups excluding tert-OH is 1. The lowest BCUT2D eigenvalue weighted by atomic mass is 9.90. The molecule has 0 fully saturated rings. The standard InChI is InChI=1S/C14H23N3O2/c1-9(8-18)17(5)13(19)10-6-11(14(2,3)4)16-12(15)7-10/h6-7,9,18H,8H2,1-5H3,(H2,15,16). The van der Waals surface area contributed by atoms with Crippen LogP contribution in [0.5, 0.6) is 0 Å². The van der Waals surface area contributed by atoms with Gasteiger partial charge in [0.2, 0.25) is 0 Å². The lowest BCUT2D eigenvalue weighted by Gasteiger charge is -2.24. The maximum atomic E-state index is 12.3. The van der Waals surface area contributed by atoms with Gasteiger partial charge in [0.15, 0.2) is 0 Å². The van der Waals surface area contributed by atoms with Crippen LogP contribution in [0, 0.1) is 0 Å². The number of carbonyl (C=O) groups is 1. The fourth-order valence-electron chi connectivity index (χ4n) is 1.59. The number of anilines is 1. The quantitative estimate of drug-likeness (QED) is 0.866. The Morgan fingerprint density at radius 2 is 2.05 bits per heavy atom. The second-order valence-corrected chi connectivity index (χ2v) is 5.86. The zero-order chi connectivity index (χ0) is 14.8. The largest absolute Gasteiger partial charge is 0.394 e. The average molecular weight is 265 g/mol. The molecule has 0 aliphatic carbocycles. The Labute approximate surface area is 114 Å². The van der Waals surface area contributed by atoms with E-state index in [1.807, 2.05) is 20.8 Å². The Bertz CT molecular complexity index is 466. The summed E-state index contributed by atoms with van der Waals surface area (Å²) in [4.78, 5) is 18.1. The highest BCUT2D eigenvalue weighted by Crippen LogP contribution is 2.23. The molecule has 5 heteroatoms. The third-order valence-corrected chi connectivity index (χ3v) is 3.11. The van der Waals surface area contributed by atoms with E-state index in [0.29, 0.717) is 11.4 Å². The number of hydrogen-bond donors (Lipinski definition) is 2. The van der Waals surface area contributed by atoms with E-state index in [1.54, 1.807) is 26.1 Å². The molecule has 5 nitrogen and oxygen atoms in total. The van der Waals surface area contributed by atoms with E-state index in [2.05, 4.69) is 4.98 Å². The molecule has 1 amide bonds. The van der Waals surface area contributed by atoms with E-state index in [0.717, 1.165) is 5.69 Å². The van der Waals surface area contributed by atoms with Gasteiger partial charge in [-0.2, -0.15) is 0 Å². The fourth-order valence-corrected chi connectivity index (χ4v) is 1.59. The molecular formula is C14H23N3O2. The van der Waals surface area contributed by atoms with Crippen LogP contribution in [-0.2, 0) is 5.41 Å². The maximum absolute atomic E-state index is 12.3. The van der Waals surface area contributed by atoms with Gasteiger partial charge < -0.3 is 15.7 Å². The van der Waals surface area contributed by atoms with Crippen molar-refractivity contribution in [2.45, 2.75) is 39.2 Å². The third-order valence-electron chi connectivity index (χ3n) is 3.11. The molecule has 0 saturated carbocycles. The summed E-state index contributed by atoms with van der Waals surface area (Å²) < 4.78 is 0. The summed E-state index contributed by atoms with van der Waals surface area (Å²) in [6.07, 6.45) is 0. The first-order chi connectivity index (χ1) is 8.66. The van der Waals surface area contributed by atoms with Crippen LogP contribution in [0.25, 0.3) is 0 Å². The number of nitrogens with zero attached hydrogens (tertiary/aromatic N) is 2. The number of nitrogens with two attached hydrogens (primary N) is 1. The summed E-state index contributed by atoms with van der Waals surface area (Å²) in [5, 5.41) is 9.11. The summed E-state index contributed by atoms with van der Waals surface area (Å²) in [6.45, 7) is 7.76. The van der Waals surface area contributed by atoms with Crippen LogP contribution in [0.15, 0.2) is 12.1 Å². The molecule has 1 unspecified atom stereocenters. The van der Waals surface area contributed by atoms with Crippen LogP contribution in [0.1, 0.15) is 43.7 Å². The molecule has 1 aromatic heterocycles. The number of pyridine rings is 1. The van der Waals surface area contributed by atoms with E-state index in [4.69, 9.17) is 10.8 Å². The van der Waals surface area contributed by atoms with E-state index < -0.39 is 0 Å². The van der Waals surface area contributed by atoms with Gasteiger partial charge in [-0.1, -0.05) is 20.8 Å². The number of carbonyl (C=O) groups excluding carboxylic acids is 1. The van der Waals surface area contributed by atoms with Crippen molar-refractivity contribution in [2.24, 2.45) is 0 Å². The molecule has 0 spiro atoms. The highest BCUT2D eigenvalue weighted by atomic mass is 16.3. The molecule has 19 heavy (non-hydrogen) atoms. The van der Waals surface area contributed by atoms with Crippen molar-refractivity contribution in [3.8, 4) is 0 Å². The normalized spacial score (nSPS) is 13.2. The van der Waals surface area contributed by atoms with E-state index >= 15 is 0 Å². The van der Waals surface area contributed by atoms with Crippen LogP contribution in [0.3, 0.4) is 0 Å². The summed E-state index contributed by atoms with van der Waals surface area (Å²) in [5.74, 6) is 0.168. The highest BCUT2D eigenvalue weighted by molar-refractivity contribution is 5.95. The van der Waals surface area contributed by atoms with Crippen molar-refractivity contribution in [1.82, 2.24) is 9.88 Å². The van der Waals surface area contributed by atoms with Gasteiger partial charge in [0.25, 0.3) is 5.91 Å². The van der Waals surface area contributed by atoms with Crippen LogP contribution in [0.4, 0.5) is 5.82 Å². The summed E-state index contributed by atoms with van der Waals surface area (Å²) in [7, 11) is 1.66. The minimum atomic E-state index is -0.236. The SMILES string of the molecule is CC(CO)N(C)C(=O)c1cc(N)nc(C(C)(C)C)c1. The Hall–Kier alpha value is -1.62. The van der Waals surface area contributed by atoms with Crippen LogP contribution < -0.4 is 5.73 Å². The number of aromatic nitrogens is 1. The molecule has 0 aromatic carbocycles. The molecule has 0 aliphatic heterocycles. The molecule has 0 aliphatic rings. The minimum Gasteiger partial charge on any atom is -0.394 e. The topological polar surface area (TPSA) is 79.5 Å². The van der Waals surface area contributed by atoms with Gasteiger partial charge in [-0.25, -0.2) is 4.98 Å². The highest BCUT2D eigenvalue weighted by Gasteiger charge is 2.21. The van der Waals surface area contributed by atoms with Crippen molar-refractivity contribution in [3.63, 3.8) is 0 Å². The molecule has 0 bridgehead atoms. The van der Waals surface area contributed by atoms with Gasteiger partial charge in [0.05, 0.1) is 12.6 Å². The van der Waals surface area contributed by atoms with Crippen molar-refractivity contribution >= 4 is 11.7 Å². The van der Waals surface area contributed by atoms with Gasteiger partial charge in [-0.05, 0) is 19.1 Å². The first kappa shape index (κ1) is 15.4. The monoisotopic (exact) mass is 265 g/mol. The van der Waals surface area contributed by atoms with E-state index in [-0.39, 0.29) is 24.0 Å². The number of rotatable bonds is 3. The van der Waals surface area contributed by atoms with Crippen LogP contribution in [0.2, 0.25) is 0 Å². The Morgan fingerprint density at radius 1 is 1.47 bits per heavy atom. The number of amides is 1. The molecule has 106 valence electrons. The molecule has 1 atom stereocenters. The van der Waals surface area contributed by atoms with Crippen molar-refractivity contribution in [2.75, 3.05) is 19.4 Å². The van der Waals surface area contributed by atoms with Gasteiger partial charge in [0.1, 0.15) is 5.82 Å². The smallest absolute Gasteiger partial charge is 0.254 e. The second kappa shape index (κ2) is 5.57. The second-order valence-electron chi connectivity index (χ2n) is 5.86. The zero-order valence-corrected chi connectivity index (χ0v) is 12.3. The summed E-state index contributed by atoms with van der Waals surface area (Å²) in [6, 6.07) is 3.09. The van der Waals surface area contributed by atoms with Gasteiger partial charge >= 0.3 is 0 Å². The first-order valence-corrected chi connectivity index (χ1v) is 6.33. The van der Waals surface area contributed by atoms with Gasteiger partial charge in [-0.3, -0.25) is 4.79 Å². The number of aliphatic hydroxyl groups is 1. The lowest BCUT2D eigenvalue weighted by Crippen LogP contribution is -2.37. The third kappa shape index (κ3) is 3.67.